The topological polar surface area (TPSA) is 98.3 Å². The third-order valence-electron chi connectivity index (χ3n) is 3.67. The monoisotopic (exact) mass is 299 g/mol. The van der Waals surface area contributed by atoms with E-state index in [0.29, 0.717) is 18.9 Å². The van der Waals surface area contributed by atoms with Gasteiger partial charge < -0.3 is 11.1 Å². The lowest BCUT2D eigenvalue weighted by molar-refractivity contribution is -0.384. The van der Waals surface area contributed by atoms with Crippen LogP contribution in [0, 0.1) is 27.7 Å². The van der Waals surface area contributed by atoms with Crippen LogP contribution in [0.2, 0.25) is 0 Å². The molecule has 1 aromatic carbocycles. The molecule has 8 heteroatoms. The molecule has 2 atom stereocenters. The van der Waals surface area contributed by atoms with Gasteiger partial charge in [0.1, 0.15) is 0 Å². The normalized spacial score (nSPS) is 21.9. The van der Waals surface area contributed by atoms with Gasteiger partial charge in [-0.1, -0.05) is 12.8 Å². The molecule has 1 amide bonds. The molecular weight excluding hydrogens is 284 g/mol. The second kappa shape index (κ2) is 6.13. The molecule has 0 bridgehead atoms. The van der Waals surface area contributed by atoms with Gasteiger partial charge in [-0.05, 0) is 18.9 Å². The summed E-state index contributed by atoms with van der Waals surface area (Å²) in [6.07, 6.45) is 2.89. The van der Waals surface area contributed by atoms with Crippen LogP contribution in [0.15, 0.2) is 12.1 Å². The standard InChI is InChI=1S/C13H15F2N3O3/c14-8-5-6-10(18(20)21)12(11(8)15)17-13(19)7-3-1-2-4-9(7)16/h5-7,9H,1-4,16H2,(H,17,19). The van der Waals surface area contributed by atoms with Crippen molar-refractivity contribution < 1.29 is 18.5 Å². The average Bonchev–Trinajstić information content (AvgIpc) is 2.44. The molecule has 2 rings (SSSR count). The number of nitrogens with one attached hydrogen (secondary N) is 1. The SMILES string of the molecule is NC1CCCCC1C(=O)Nc1c([N+](=O)[O-])ccc(F)c1F. The summed E-state index contributed by atoms with van der Waals surface area (Å²) in [4.78, 5) is 22.1. The number of hydrogen-bond acceptors (Lipinski definition) is 4. The number of hydrogen-bond donors (Lipinski definition) is 2. The van der Waals surface area contributed by atoms with Gasteiger partial charge >= 0.3 is 0 Å². The van der Waals surface area contributed by atoms with E-state index >= 15 is 0 Å². The Kier molecular flexibility index (Phi) is 4.46. The van der Waals surface area contributed by atoms with Crippen LogP contribution in [0.4, 0.5) is 20.2 Å². The largest absolute Gasteiger partial charge is 0.327 e. The van der Waals surface area contributed by atoms with Crippen molar-refractivity contribution in [3.8, 4) is 0 Å². The van der Waals surface area contributed by atoms with Gasteiger partial charge in [0, 0.05) is 12.1 Å². The first kappa shape index (κ1) is 15.3. The van der Waals surface area contributed by atoms with E-state index in [-0.39, 0.29) is 6.04 Å². The highest BCUT2D eigenvalue weighted by atomic mass is 19.2. The number of nitrogens with two attached hydrogens (primary N) is 1. The third-order valence-corrected chi connectivity index (χ3v) is 3.67. The second-order valence-corrected chi connectivity index (χ2v) is 5.06. The zero-order chi connectivity index (χ0) is 15.6. The number of carbonyl (C=O) groups is 1. The number of carbonyl (C=O) groups excluding carboxylic acids is 1. The number of nitro groups is 1. The van der Waals surface area contributed by atoms with Crippen LogP contribution < -0.4 is 11.1 Å². The minimum atomic E-state index is -1.44. The van der Waals surface area contributed by atoms with Gasteiger partial charge in [-0.3, -0.25) is 14.9 Å². The first-order chi connectivity index (χ1) is 9.91. The molecule has 2 unspecified atom stereocenters. The van der Waals surface area contributed by atoms with Crippen LogP contribution in [0.5, 0.6) is 0 Å². The Morgan fingerprint density at radius 1 is 1.33 bits per heavy atom. The Hall–Kier alpha value is -2.09. The van der Waals surface area contributed by atoms with Crippen LogP contribution in [0.3, 0.4) is 0 Å². The molecule has 1 saturated carbocycles. The van der Waals surface area contributed by atoms with E-state index < -0.39 is 39.8 Å². The first-order valence-corrected chi connectivity index (χ1v) is 6.60. The molecule has 114 valence electrons. The molecule has 0 spiro atoms. The predicted octanol–water partition coefficient (Wildman–Crippen LogP) is 2.33. The van der Waals surface area contributed by atoms with Crippen molar-refractivity contribution in [3.05, 3.63) is 33.9 Å². The Balaban J connectivity index is 2.28. The average molecular weight is 299 g/mol. The zero-order valence-corrected chi connectivity index (χ0v) is 11.1. The van der Waals surface area contributed by atoms with E-state index in [0.717, 1.165) is 18.9 Å². The zero-order valence-electron chi connectivity index (χ0n) is 11.1. The maximum atomic E-state index is 13.7. The lowest BCUT2D eigenvalue weighted by atomic mass is 9.84. The fraction of sp³-hybridized carbons (Fsp3) is 0.462. The molecule has 21 heavy (non-hydrogen) atoms. The first-order valence-electron chi connectivity index (χ1n) is 6.60. The summed E-state index contributed by atoms with van der Waals surface area (Å²) in [6, 6.07) is 1.08. The summed E-state index contributed by atoms with van der Waals surface area (Å²) >= 11 is 0. The van der Waals surface area contributed by atoms with Gasteiger partial charge in [0.2, 0.25) is 5.91 Å². The number of nitrogens with zero attached hydrogens (tertiary/aromatic N) is 1. The lowest BCUT2D eigenvalue weighted by Crippen LogP contribution is -2.41. The molecule has 0 aliphatic heterocycles. The fourth-order valence-electron chi connectivity index (χ4n) is 2.51. The maximum absolute atomic E-state index is 13.7. The van der Waals surface area contributed by atoms with Crippen LogP contribution in [-0.2, 0) is 4.79 Å². The Morgan fingerprint density at radius 3 is 2.62 bits per heavy atom. The van der Waals surface area contributed by atoms with Gasteiger partial charge in [-0.15, -0.1) is 0 Å². The van der Waals surface area contributed by atoms with Crippen LogP contribution >= 0.6 is 0 Å². The highest BCUT2D eigenvalue weighted by molar-refractivity contribution is 5.95. The summed E-state index contributed by atoms with van der Waals surface area (Å²) < 4.78 is 26.9. The van der Waals surface area contributed by atoms with Gasteiger partial charge in [0.15, 0.2) is 17.3 Å². The van der Waals surface area contributed by atoms with Crippen molar-refractivity contribution >= 4 is 17.3 Å². The Bertz CT molecular complexity index is 580. The van der Waals surface area contributed by atoms with E-state index in [1.165, 1.54) is 0 Å². The van der Waals surface area contributed by atoms with Crippen molar-refractivity contribution in [3.63, 3.8) is 0 Å². The molecule has 0 saturated heterocycles. The molecule has 0 heterocycles. The molecule has 0 aromatic heterocycles. The molecular formula is C13H15F2N3O3. The minimum absolute atomic E-state index is 0.380. The van der Waals surface area contributed by atoms with Crippen LogP contribution in [-0.4, -0.2) is 16.9 Å². The Labute approximate surface area is 119 Å². The maximum Gasteiger partial charge on any atom is 0.296 e. The molecule has 0 radical (unpaired) electrons. The number of halogens is 2. The minimum Gasteiger partial charge on any atom is -0.327 e. The smallest absolute Gasteiger partial charge is 0.296 e. The molecule has 1 aliphatic rings. The van der Waals surface area contributed by atoms with E-state index in [1.54, 1.807) is 0 Å². The number of rotatable bonds is 3. The van der Waals surface area contributed by atoms with Crippen molar-refractivity contribution in [2.45, 2.75) is 31.7 Å². The summed E-state index contributed by atoms with van der Waals surface area (Å²) in [7, 11) is 0. The Morgan fingerprint density at radius 2 is 2.00 bits per heavy atom. The van der Waals surface area contributed by atoms with E-state index in [4.69, 9.17) is 5.73 Å². The van der Waals surface area contributed by atoms with E-state index in [1.807, 2.05) is 0 Å². The number of nitro benzene ring substituents is 1. The van der Waals surface area contributed by atoms with Crippen LogP contribution in [0.25, 0.3) is 0 Å². The summed E-state index contributed by atoms with van der Waals surface area (Å²) in [5, 5.41) is 13.0. The highest BCUT2D eigenvalue weighted by Gasteiger charge is 2.31. The molecule has 1 aromatic rings. The molecule has 1 fully saturated rings. The van der Waals surface area contributed by atoms with Crippen molar-refractivity contribution in [1.29, 1.82) is 0 Å². The summed E-state index contributed by atoms with van der Waals surface area (Å²) in [5.41, 5.74) is 4.40. The van der Waals surface area contributed by atoms with Gasteiger partial charge in [-0.2, -0.15) is 0 Å². The second-order valence-electron chi connectivity index (χ2n) is 5.06. The predicted molar refractivity (Wildman–Crippen MR) is 71.6 cm³/mol. The van der Waals surface area contributed by atoms with Gasteiger partial charge in [0.05, 0.1) is 10.8 Å². The van der Waals surface area contributed by atoms with Gasteiger partial charge in [0.25, 0.3) is 5.69 Å². The lowest BCUT2D eigenvalue weighted by Gasteiger charge is -2.27. The van der Waals surface area contributed by atoms with Gasteiger partial charge in [-0.25, -0.2) is 8.78 Å². The van der Waals surface area contributed by atoms with Crippen molar-refractivity contribution in [1.82, 2.24) is 0 Å². The van der Waals surface area contributed by atoms with E-state index in [9.17, 15) is 23.7 Å². The quantitative estimate of drug-likeness (QED) is 0.661. The number of benzene rings is 1. The number of anilines is 1. The molecule has 6 nitrogen and oxygen atoms in total. The molecule has 3 N–H and O–H groups in total. The highest BCUT2D eigenvalue weighted by Crippen LogP contribution is 2.31. The molecule has 1 aliphatic carbocycles. The summed E-state index contributed by atoms with van der Waals surface area (Å²) in [5.74, 6) is -3.87. The van der Waals surface area contributed by atoms with E-state index in [2.05, 4.69) is 5.32 Å². The summed E-state index contributed by atoms with van der Waals surface area (Å²) in [6.45, 7) is 0. The fourth-order valence-corrected chi connectivity index (χ4v) is 2.51. The van der Waals surface area contributed by atoms with Crippen molar-refractivity contribution in [2.24, 2.45) is 11.7 Å². The van der Waals surface area contributed by atoms with Crippen LogP contribution in [0.1, 0.15) is 25.7 Å². The van der Waals surface area contributed by atoms with Crippen molar-refractivity contribution in [2.75, 3.05) is 5.32 Å². The third kappa shape index (κ3) is 3.15. The number of amides is 1.